The molecule has 2 aromatic rings. The highest BCUT2D eigenvalue weighted by Crippen LogP contribution is 2.28. The molecule has 2 rings (SSSR count). The van der Waals surface area contributed by atoms with Crippen LogP contribution in [0.15, 0.2) is 42.5 Å². The van der Waals surface area contributed by atoms with Gasteiger partial charge in [-0.3, -0.25) is 4.79 Å². The van der Waals surface area contributed by atoms with E-state index in [0.717, 1.165) is 5.56 Å². The van der Waals surface area contributed by atoms with E-state index in [0.29, 0.717) is 29.7 Å². The Hall–Kier alpha value is -2.73. The van der Waals surface area contributed by atoms with Gasteiger partial charge in [-0.25, -0.2) is 4.79 Å². The van der Waals surface area contributed by atoms with Crippen molar-refractivity contribution in [3.05, 3.63) is 58.6 Å². The van der Waals surface area contributed by atoms with E-state index in [1.54, 1.807) is 30.3 Å². The minimum Gasteiger partial charge on any atom is -0.493 e. The van der Waals surface area contributed by atoms with Gasteiger partial charge < -0.3 is 19.5 Å². The third-order valence-corrected chi connectivity index (χ3v) is 3.65. The predicted molar refractivity (Wildman–Crippen MR) is 97.7 cm³/mol. The number of carbonyl (C=O) groups excluding carboxylic acids is 2. The normalized spacial score (nSPS) is 10.1. The van der Waals surface area contributed by atoms with Crippen LogP contribution in [0.3, 0.4) is 0 Å². The number of halogens is 1. The topological polar surface area (TPSA) is 73.9 Å². The van der Waals surface area contributed by atoms with Gasteiger partial charge in [0, 0.05) is 11.6 Å². The Morgan fingerprint density at radius 1 is 1.12 bits per heavy atom. The summed E-state index contributed by atoms with van der Waals surface area (Å²) in [6.45, 7) is 2.18. The van der Waals surface area contributed by atoms with Crippen LogP contribution in [0, 0.1) is 0 Å². The van der Waals surface area contributed by atoms with Crippen molar-refractivity contribution < 1.29 is 23.8 Å². The molecule has 0 saturated carbocycles. The van der Waals surface area contributed by atoms with Crippen LogP contribution in [0.2, 0.25) is 5.02 Å². The Bertz CT molecular complexity index is 778. The van der Waals surface area contributed by atoms with Crippen LogP contribution in [0.4, 0.5) is 0 Å². The summed E-state index contributed by atoms with van der Waals surface area (Å²) >= 11 is 5.89. The Morgan fingerprint density at radius 3 is 2.62 bits per heavy atom. The fourth-order valence-corrected chi connectivity index (χ4v) is 2.40. The Kier molecular flexibility index (Phi) is 7.29. The zero-order valence-corrected chi connectivity index (χ0v) is 15.3. The third-order valence-electron chi connectivity index (χ3n) is 3.41. The molecular formula is C19H20ClNO5. The SMILES string of the molecule is CCOc1cc(C(=O)OCC(=O)NCc2cccc(Cl)c2)ccc1OC. The lowest BCUT2D eigenvalue weighted by Gasteiger charge is -2.11. The van der Waals surface area contributed by atoms with E-state index in [1.165, 1.54) is 13.2 Å². The van der Waals surface area contributed by atoms with Crippen molar-refractivity contribution in [3.8, 4) is 11.5 Å². The lowest BCUT2D eigenvalue weighted by Crippen LogP contribution is -2.28. The number of hydrogen-bond donors (Lipinski definition) is 1. The van der Waals surface area contributed by atoms with Crippen LogP contribution in [0.1, 0.15) is 22.8 Å². The molecule has 0 aliphatic heterocycles. The van der Waals surface area contributed by atoms with Crippen molar-refractivity contribution in [1.82, 2.24) is 5.32 Å². The standard InChI is InChI=1S/C19H20ClNO5/c1-3-25-17-10-14(7-8-16(17)24-2)19(23)26-12-18(22)21-11-13-5-4-6-15(20)9-13/h4-10H,3,11-12H2,1-2H3,(H,21,22). The Balaban J connectivity index is 1.87. The van der Waals surface area contributed by atoms with Gasteiger partial charge in [0.15, 0.2) is 18.1 Å². The van der Waals surface area contributed by atoms with Gasteiger partial charge in [0.1, 0.15) is 0 Å². The van der Waals surface area contributed by atoms with E-state index in [4.69, 9.17) is 25.8 Å². The monoisotopic (exact) mass is 377 g/mol. The first-order chi connectivity index (χ1) is 12.5. The number of benzene rings is 2. The van der Waals surface area contributed by atoms with Crippen LogP contribution in [0.5, 0.6) is 11.5 Å². The Morgan fingerprint density at radius 2 is 1.92 bits per heavy atom. The number of rotatable bonds is 8. The fraction of sp³-hybridized carbons (Fsp3) is 0.263. The predicted octanol–water partition coefficient (Wildman–Crippen LogP) is 3.22. The summed E-state index contributed by atoms with van der Waals surface area (Å²) < 4.78 is 15.6. The van der Waals surface area contributed by atoms with Gasteiger partial charge in [0.25, 0.3) is 5.91 Å². The van der Waals surface area contributed by atoms with Crippen molar-refractivity contribution >= 4 is 23.5 Å². The highest BCUT2D eigenvalue weighted by molar-refractivity contribution is 6.30. The van der Waals surface area contributed by atoms with Crippen molar-refractivity contribution in [3.63, 3.8) is 0 Å². The molecule has 0 fully saturated rings. The maximum Gasteiger partial charge on any atom is 0.338 e. The molecule has 6 nitrogen and oxygen atoms in total. The average Bonchev–Trinajstić information content (AvgIpc) is 2.64. The number of amides is 1. The molecular weight excluding hydrogens is 358 g/mol. The molecule has 7 heteroatoms. The van der Waals surface area contributed by atoms with E-state index in [9.17, 15) is 9.59 Å². The molecule has 26 heavy (non-hydrogen) atoms. The summed E-state index contributed by atoms with van der Waals surface area (Å²) in [7, 11) is 1.51. The molecule has 0 unspecified atom stereocenters. The molecule has 0 aromatic heterocycles. The summed E-state index contributed by atoms with van der Waals surface area (Å²) in [4.78, 5) is 23.9. The van der Waals surface area contributed by atoms with Crippen molar-refractivity contribution in [2.45, 2.75) is 13.5 Å². The van der Waals surface area contributed by atoms with Gasteiger partial charge in [0.2, 0.25) is 0 Å². The van der Waals surface area contributed by atoms with Crippen molar-refractivity contribution in [2.75, 3.05) is 20.3 Å². The molecule has 0 saturated heterocycles. The number of esters is 1. The minimum absolute atomic E-state index is 0.275. The highest BCUT2D eigenvalue weighted by Gasteiger charge is 2.14. The Labute approximate surface area is 157 Å². The first-order valence-electron chi connectivity index (χ1n) is 8.02. The van der Waals surface area contributed by atoms with E-state index in [1.807, 2.05) is 13.0 Å². The van der Waals surface area contributed by atoms with Gasteiger partial charge in [-0.15, -0.1) is 0 Å². The first-order valence-corrected chi connectivity index (χ1v) is 8.40. The summed E-state index contributed by atoms with van der Waals surface area (Å²) in [6.07, 6.45) is 0. The minimum atomic E-state index is -0.619. The molecule has 0 heterocycles. The van der Waals surface area contributed by atoms with Gasteiger partial charge in [0.05, 0.1) is 19.3 Å². The smallest absolute Gasteiger partial charge is 0.338 e. The number of nitrogens with one attached hydrogen (secondary N) is 1. The molecule has 1 N–H and O–H groups in total. The second-order valence-electron chi connectivity index (χ2n) is 5.28. The quantitative estimate of drug-likeness (QED) is 0.715. The molecule has 0 atom stereocenters. The maximum atomic E-state index is 12.1. The van der Waals surface area contributed by atoms with Gasteiger partial charge in [-0.05, 0) is 42.8 Å². The zero-order chi connectivity index (χ0) is 18.9. The second-order valence-corrected chi connectivity index (χ2v) is 5.72. The average molecular weight is 378 g/mol. The van der Waals surface area contributed by atoms with E-state index in [-0.39, 0.29) is 12.2 Å². The van der Waals surface area contributed by atoms with Gasteiger partial charge in [-0.2, -0.15) is 0 Å². The molecule has 0 aliphatic rings. The van der Waals surface area contributed by atoms with Crippen LogP contribution in [-0.4, -0.2) is 32.2 Å². The third kappa shape index (κ3) is 5.67. The number of hydrogen-bond acceptors (Lipinski definition) is 5. The van der Waals surface area contributed by atoms with Crippen LogP contribution in [0.25, 0.3) is 0 Å². The molecule has 0 spiro atoms. The second kappa shape index (κ2) is 9.68. The van der Waals surface area contributed by atoms with E-state index >= 15 is 0 Å². The van der Waals surface area contributed by atoms with E-state index < -0.39 is 11.9 Å². The number of carbonyl (C=O) groups is 2. The fourth-order valence-electron chi connectivity index (χ4n) is 2.19. The maximum absolute atomic E-state index is 12.1. The number of methoxy groups -OCH3 is 1. The molecule has 0 aliphatic carbocycles. The zero-order valence-electron chi connectivity index (χ0n) is 14.6. The molecule has 0 radical (unpaired) electrons. The highest BCUT2D eigenvalue weighted by atomic mass is 35.5. The summed E-state index contributed by atoms with van der Waals surface area (Å²) in [5, 5.41) is 3.25. The van der Waals surface area contributed by atoms with Crippen molar-refractivity contribution in [2.24, 2.45) is 0 Å². The molecule has 138 valence electrons. The summed E-state index contributed by atoms with van der Waals surface area (Å²) in [5.74, 6) is -0.0686. The summed E-state index contributed by atoms with van der Waals surface area (Å²) in [5.41, 5.74) is 1.13. The van der Waals surface area contributed by atoms with Crippen molar-refractivity contribution in [1.29, 1.82) is 0 Å². The van der Waals surface area contributed by atoms with Crippen LogP contribution in [-0.2, 0) is 16.1 Å². The molecule has 2 aromatic carbocycles. The van der Waals surface area contributed by atoms with Gasteiger partial charge >= 0.3 is 5.97 Å². The molecule has 1 amide bonds. The number of ether oxygens (including phenoxy) is 3. The largest absolute Gasteiger partial charge is 0.493 e. The summed E-state index contributed by atoms with van der Waals surface area (Å²) in [6, 6.07) is 11.8. The van der Waals surface area contributed by atoms with E-state index in [2.05, 4.69) is 5.32 Å². The lowest BCUT2D eigenvalue weighted by atomic mass is 10.2. The van der Waals surface area contributed by atoms with Gasteiger partial charge in [-0.1, -0.05) is 23.7 Å². The lowest BCUT2D eigenvalue weighted by molar-refractivity contribution is -0.124. The molecule has 0 bridgehead atoms. The van der Waals surface area contributed by atoms with Crippen LogP contribution < -0.4 is 14.8 Å². The van der Waals surface area contributed by atoms with Crippen LogP contribution >= 0.6 is 11.6 Å². The first kappa shape index (κ1) is 19.6.